The predicted molar refractivity (Wildman–Crippen MR) is 207 cm³/mol. The van der Waals surface area contributed by atoms with Crippen LogP contribution < -0.4 is 0 Å². The molecule has 10 aromatic rings. The summed E-state index contributed by atoms with van der Waals surface area (Å²) in [6.07, 6.45) is 0. The Balaban J connectivity index is 1.35. The van der Waals surface area contributed by atoms with Gasteiger partial charge in [0, 0.05) is 47.5 Å². The van der Waals surface area contributed by atoms with E-state index in [9.17, 15) is 0 Å². The van der Waals surface area contributed by atoms with E-state index in [4.69, 9.17) is 9.97 Å². The molecule has 3 heterocycles. The third kappa shape index (κ3) is 3.61. The molecule has 49 heavy (non-hydrogen) atoms. The van der Waals surface area contributed by atoms with Crippen molar-refractivity contribution >= 4 is 74.9 Å². The fourth-order valence-corrected chi connectivity index (χ4v) is 9.60. The van der Waals surface area contributed by atoms with E-state index in [0.717, 1.165) is 39.5 Å². The molecule has 1 aliphatic rings. The maximum Gasteiger partial charge on any atom is 0.164 e. The SMILES string of the molecule is CC1(C)c2ccccc2-c2nc(-c3cccc4c3sc3ccccc34)c(-n3c4cc5ccccc5cc4c4c5ccccc5ccc43)nc21. The predicted octanol–water partition coefficient (Wildman–Crippen LogP) is 12.2. The molecule has 3 aromatic heterocycles. The molecule has 230 valence electrons. The van der Waals surface area contributed by atoms with Crippen LogP contribution in [-0.2, 0) is 5.41 Å². The van der Waals surface area contributed by atoms with Gasteiger partial charge in [-0.05, 0) is 51.4 Å². The molecule has 0 unspecified atom stereocenters. The van der Waals surface area contributed by atoms with Gasteiger partial charge in [-0.15, -0.1) is 11.3 Å². The molecule has 0 spiro atoms. The van der Waals surface area contributed by atoms with Crippen molar-refractivity contribution in [1.29, 1.82) is 0 Å². The zero-order chi connectivity index (χ0) is 32.4. The first kappa shape index (κ1) is 27.1. The molecule has 3 nitrogen and oxygen atoms in total. The molecule has 0 amide bonds. The van der Waals surface area contributed by atoms with Crippen molar-refractivity contribution < 1.29 is 0 Å². The van der Waals surface area contributed by atoms with Crippen molar-refractivity contribution in [2.75, 3.05) is 0 Å². The zero-order valence-corrected chi connectivity index (χ0v) is 27.8. The molecule has 0 radical (unpaired) electrons. The van der Waals surface area contributed by atoms with Crippen molar-refractivity contribution in [3.05, 3.63) is 151 Å². The molecule has 7 aromatic carbocycles. The summed E-state index contributed by atoms with van der Waals surface area (Å²) in [4.78, 5) is 11.5. The highest BCUT2D eigenvalue weighted by Crippen LogP contribution is 2.50. The fourth-order valence-electron chi connectivity index (χ4n) is 8.38. The topological polar surface area (TPSA) is 30.7 Å². The number of benzene rings is 7. The van der Waals surface area contributed by atoms with Crippen molar-refractivity contribution in [2.45, 2.75) is 19.3 Å². The van der Waals surface area contributed by atoms with Gasteiger partial charge < -0.3 is 0 Å². The van der Waals surface area contributed by atoms with Gasteiger partial charge in [-0.3, -0.25) is 4.57 Å². The first-order valence-electron chi connectivity index (χ1n) is 16.8. The van der Waals surface area contributed by atoms with E-state index < -0.39 is 0 Å². The maximum absolute atomic E-state index is 5.77. The van der Waals surface area contributed by atoms with E-state index in [2.05, 4.69) is 158 Å². The van der Waals surface area contributed by atoms with E-state index in [1.807, 2.05) is 11.3 Å². The van der Waals surface area contributed by atoms with Crippen LogP contribution >= 0.6 is 11.3 Å². The van der Waals surface area contributed by atoms with Gasteiger partial charge in [0.25, 0.3) is 0 Å². The van der Waals surface area contributed by atoms with Gasteiger partial charge in [-0.2, -0.15) is 0 Å². The second-order valence-electron chi connectivity index (χ2n) is 13.8. The van der Waals surface area contributed by atoms with Gasteiger partial charge in [-0.1, -0.05) is 129 Å². The Morgan fingerprint density at radius 2 is 1.22 bits per heavy atom. The summed E-state index contributed by atoms with van der Waals surface area (Å²) in [5.41, 5.74) is 8.44. The van der Waals surface area contributed by atoms with Crippen LogP contribution in [0.3, 0.4) is 0 Å². The van der Waals surface area contributed by atoms with E-state index in [1.165, 1.54) is 63.6 Å². The molecule has 0 N–H and O–H groups in total. The lowest BCUT2D eigenvalue weighted by atomic mass is 9.85. The minimum Gasteiger partial charge on any atom is -0.292 e. The van der Waals surface area contributed by atoms with Crippen LogP contribution in [-0.4, -0.2) is 14.5 Å². The van der Waals surface area contributed by atoms with E-state index >= 15 is 0 Å². The van der Waals surface area contributed by atoms with Crippen LogP contribution in [0.15, 0.2) is 140 Å². The number of hydrogen-bond acceptors (Lipinski definition) is 3. The Labute approximate surface area is 286 Å². The largest absolute Gasteiger partial charge is 0.292 e. The number of fused-ring (bicyclic) bond motifs is 12. The summed E-state index contributed by atoms with van der Waals surface area (Å²) < 4.78 is 4.92. The first-order valence-corrected chi connectivity index (χ1v) is 17.7. The van der Waals surface area contributed by atoms with Crippen LogP contribution in [0.2, 0.25) is 0 Å². The Morgan fingerprint density at radius 3 is 2.10 bits per heavy atom. The van der Waals surface area contributed by atoms with Crippen molar-refractivity contribution in [1.82, 2.24) is 14.5 Å². The highest BCUT2D eigenvalue weighted by atomic mass is 32.1. The average molecular weight is 644 g/mol. The van der Waals surface area contributed by atoms with Gasteiger partial charge in [0.05, 0.1) is 22.4 Å². The summed E-state index contributed by atoms with van der Waals surface area (Å²) >= 11 is 1.84. The van der Waals surface area contributed by atoms with E-state index in [1.54, 1.807) is 0 Å². The maximum atomic E-state index is 5.77. The summed E-state index contributed by atoms with van der Waals surface area (Å²) in [5, 5.41) is 9.92. The standard InChI is InChI=1S/C45H29N3S/c1-45(2)35-20-9-7-17-32(35)40-43(45)47-44(41(46-40)33-19-11-18-31-30-16-8-10-21-38(30)49-42(31)33)48-36-23-22-26-12-5-6-15-29(26)39(36)34-24-27-13-3-4-14-28(27)25-37(34)48/h3-25H,1-2H3. The molecule has 0 aliphatic heterocycles. The van der Waals surface area contributed by atoms with E-state index in [-0.39, 0.29) is 5.41 Å². The monoisotopic (exact) mass is 643 g/mol. The molecule has 0 bridgehead atoms. The van der Waals surface area contributed by atoms with Crippen LogP contribution in [0.5, 0.6) is 0 Å². The normalized spacial score (nSPS) is 13.7. The molecule has 1 aliphatic carbocycles. The minimum atomic E-state index is -0.298. The lowest BCUT2D eigenvalue weighted by Crippen LogP contribution is -2.18. The van der Waals surface area contributed by atoms with Crippen molar-refractivity contribution in [3.8, 4) is 28.3 Å². The minimum absolute atomic E-state index is 0.298. The van der Waals surface area contributed by atoms with Crippen LogP contribution in [0.4, 0.5) is 0 Å². The first-order chi connectivity index (χ1) is 24.1. The molecule has 4 heteroatoms. The van der Waals surface area contributed by atoms with Gasteiger partial charge in [-0.25, -0.2) is 9.97 Å². The number of aromatic nitrogens is 3. The van der Waals surface area contributed by atoms with Gasteiger partial charge in [0.15, 0.2) is 5.82 Å². The average Bonchev–Trinajstić information content (AvgIpc) is 3.75. The van der Waals surface area contributed by atoms with Crippen LogP contribution in [0.25, 0.3) is 91.9 Å². The zero-order valence-electron chi connectivity index (χ0n) is 27.0. The smallest absolute Gasteiger partial charge is 0.164 e. The Hall–Kier alpha value is -5.84. The lowest BCUT2D eigenvalue weighted by Gasteiger charge is -2.22. The number of nitrogens with zero attached hydrogens (tertiary/aromatic N) is 3. The lowest BCUT2D eigenvalue weighted by molar-refractivity contribution is 0.633. The molecule has 0 saturated carbocycles. The third-order valence-corrected chi connectivity index (χ3v) is 11.9. The second-order valence-corrected chi connectivity index (χ2v) is 14.8. The highest BCUT2D eigenvalue weighted by Gasteiger charge is 2.39. The fraction of sp³-hybridized carbons (Fsp3) is 0.0667. The molecule has 0 atom stereocenters. The summed E-state index contributed by atoms with van der Waals surface area (Å²) in [6, 6.07) is 50.7. The molecule has 0 saturated heterocycles. The number of thiophene rings is 1. The van der Waals surface area contributed by atoms with Crippen molar-refractivity contribution in [2.24, 2.45) is 0 Å². The second kappa shape index (κ2) is 9.62. The molecule has 0 fully saturated rings. The van der Waals surface area contributed by atoms with Gasteiger partial charge >= 0.3 is 0 Å². The highest BCUT2D eigenvalue weighted by molar-refractivity contribution is 7.26. The number of hydrogen-bond donors (Lipinski definition) is 0. The summed E-state index contributed by atoms with van der Waals surface area (Å²) in [7, 11) is 0. The Morgan fingerprint density at radius 1 is 0.531 bits per heavy atom. The third-order valence-electron chi connectivity index (χ3n) is 10.7. The summed E-state index contributed by atoms with van der Waals surface area (Å²) in [6.45, 7) is 4.57. The van der Waals surface area contributed by atoms with Crippen molar-refractivity contribution in [3.63, 3.8) is 0 Å². The molecular weight excluding hydrogens is 615 g/mol. The quantitative estimate of drug-likeness (QED) is 0.188. The molecular formula is C45H29N3S. The molecule has 11 rings (SSSR count). The summed E-state index contributed by atoms with van der Waals surface area (Å²) in [5.74, 6) is 0.871. The van der Waals surface area contributed by atoms with Crippen LogP contribution in [0, 0.1) is 0 Å². The Bertz CT molecular complexity index is 3030. The van der Waals surface area contributed by atoms with E-state index in [0.29, 0.717) is 0 Å². The van der Waals surface area contributed by atoms with Gasteiger partial charge in [0.1, 0.15) is 5.69 Å². The van der Waals surface area contributed by atoms with Crippen LogP contribution in [0.1, 0.15) is 25.1 Å². The number of rotatable bonds is 2. The Kier molecular flexibility index (Phi) is 5.33. The van der Waals surface area contributed by atoms with Gasteiger partial charge in [0.2, 0.25) is 0 Å².